The van der Waals surface area contributed by atoms with Crippen LogP contribution in [0.3, 0.4) is 0 Å². The van der Waals surface area contributed by atoms with E-state index >= 15 is 0 Å². The number of nitrogens with one attached hydrogen (secondary N) is 2. The summed E-state index contributed by atoms with van der Waals surface area (Å²) in [6.07, 6.45) is 2.22. The Morgan fingerprint density at radius 2 is 1.91 bits per heavy atom. The molecule has 5 nitrogen and oxygen atoms in total. The number of quaternary nitrogens is 1. The lowest BCUT2D eigenvalue weighted by Crippen LogP contribution is -3.13. The standard InChI is InChI=1S/C17H24N2O3/c1-2-22-17(21)14-8-11-19(12-9-14)13-10-16(20)18-15-6-4-3-5-7-15/h3-7,14H,2,8-13H2,1H3,(H,18,20)/p+1. The molecule has 0 aliphatic carbocycles. The second-order valence-corrected chi connectivity index (χ2v) is 5.69. The normalized spacial score (nSPS) is 21.1. The van der Waals surface area contributed by atoms with Gasteiger partial charge in [-0.3, -0.25) is 9.59 Å². The average molecular weight is 305 g/mol. The van der Waals surface area contributed by atoms with Gasteiger partial charge in [-0.05, 0) is 19.1 Å². The third kappa shape index (κ3) is 5.15. The van der Waals surface area contributed by atoms with Gasteiger partial charge in [-0.25, -0.2) is 0 Å². The molecule has 0 saturated carbocycles. The van der Waals surface area contributed by atoms with Gasteiger partial charge in [-0.1, -0.05) is 18.2 Å². The quantitative estimate of drug-likeness (QED) is 0.767. The van der Waals surface area contributed by atoms with Gasteiger partial charge in [0, 0.05) is 18.5 Å². The Kier molecular flexibility index (Phi) is 6.40. The number of esters is 1. The van der Waals surface area contributed by atoms with Crippen molar-refractivity contribution < 1.29 is 19.2 Å². The Labute approximate surface area is 131 Å². The molecule has 0 radical (unpaired) electrons. The molecule has 1 aromatic carbocycles. The van der Waals surface area contributed by atoms with Crippen LogP contribution in [0.5, 0.6) is 0 Å². The summed E-state index contributed by atoms with van der Waals surface area (Å²) in [6, 6.07) is 9.50. The molecule has 1 aliphatic rings. The average Bonchev–Trinajstić information content (AvgIpc) is 2.54. The number of anilines is 1. The minimum Gasteiger partial charge on any atom is -0.466 e. The van der Waals surface area contributed by atoms with E-state index in [0.29, 0.717) is 13.0 Å². The second kappa shape index (κ2) is 8.54. The summed E-state index contributed by atoms with van der Waals surface area (Å²) >= 11 is 0. The molecule has 22 heavy (non-hydrogen) atoms. The number of likely N-dealkylation sites (tertiary alicyclic amines) is 1. The Bertz CT molecular complexity index is 482. The monoisotopic (exact) mass is 305 g/mol. The van der Waals surface area contributed by atoms with E-state index in [1.807, 2.05) is 37.3 Å². The maximum Gasteiger partial charge on any atom is 0.309 e. The Balaban J connectivity index is 1.66. The van der Waals surface area contributed by atoms with Gasteiger partial charge in [0.2, 0.25) is 5.91 Å². The second-order valence-electron chi connectivity index (χ2n) is 5.69. The van der Waals surface area contributed by atoms with E-state index in [0.717, 1.165) is 38.2 Å². The third-order valence-corrected chi connectivity index (χ3v) is 4.08. The van der Waals surface area contributed by atoms with E-state index in [9.17, 15) is 9.59 Å². The molecule has 0 bridgehead atoms. The number of hydrogen-bond acceptors (Lipinski definition) is 3. The molecule has 1 heterocycles. The zero-order chi connectivity index (χ0) is 15.8. The van der Waals surface area contributed by atoms with Crippen molar-refractivity contribution in [2.75, 3.05) is 31.6 Å². The SMILES string of the molecule is CCOC(=O)C1CC[NH+](CCC(=O)Nc2ccccc2)CC1. The number of hydrogen-bond donors (Lipinski definition) is 2. The topological polar surface area (TPSA) is 59.8 Å². The van der Waals surface area contributed by atoms with E-state index < -0.39 is 0 Å². The maximum absolute atomic E-state index is 11.9. The van der Waals surface area contributed by atoms with Crippen LogP contribution >= 0.6 is 0 Å². The molecular formula is C17H25N2O3+. The van der Waals surface area contributed by atoms with Crippen molar-refractivity contribution in [1.29, 1.82) is 0 Å². The van der Waals surface area contributed by atoms with Crippen molar-refractivity contribution in [1.82, 2.24) is 0 Å². The lowest BCUT2D eigenvalue weighted by atomic mass is 9.97. The molecule has 0 atom stereocenters. The van der Waals surface area contributed by atoms with Crippen molar-refractivity contribution in [3.63, 3.8) is 0 Å². The van der Waals surface area contributed by atoms with Crippen molar-refractivity contribution in [2.24, 2.45) is 5.92 Å². The highest BCUT2D eigenvalue weighted by molar-refractivity contribution is 5.90. The Morgan fingerprint density at radius 3 is 2.55 bits per heavy atom. The van der Waals surface area contributed by atoms with Gasteiger partial charge in [0.05, 0.1) is 38.6 Å². The summed E-state index contributed by atoms with van der Waals surface area (Å²) in [5.74, 6) is 0.0245. The number of piperidine rings is 1. The number of benzene rings is 1. The molecule has 2 N–H and O–H groups in total. The van der Waals surface area contributed by atoms with Crippen LogP contribution < -0.4 is 10.2 Å². The summed E-state index contributed by atoms with van der Waals surface area (Å²) in [7, 11) is 0. The first-order chi connectivity index (χ1) is 10.7. The molecule has 1 saturated heterocycles. The fourth-order valence-electron chi connectivity index (χ4n) is 2.81. The van der Waals surface area contributed by atoms with Gasteiger partial charge < -0.3 is 15.0 Å². The highest BCUT2D eigenvalue weighted by atomic mass is 16.5. The van der Waals surface area contributed by atoms with Crippen molar-refractivity contribution in [3.05, 3.63) is 30.3 Å². The zero-order valence-corrected chi connectivity index (χ0v) is 13.1. The largest absolute Gasteiger partial charge is 0.466 e. The highest BCUT2D eigenvalue weighted by Crippen LogP contribution is 2.11. The lowest BCUT2D eigenvalue weighted by molar-refractivity contribution is -0.905. The third-order valence-electron chi connectivity index (χ3n) is 4.08. The first-order valence-corrected chi connectivity index (χ1v) is 8.04. The van der Waals surface area contributed by atoms with E-state index in [2.05, 4.69) is 5.32 Å². The zero-order valence-electron chi connectivity index (χ0n) is 13.1. The summed E-state index contributed by atoms with van der Waals surface area (Å²) in [4.78, 5) is 25.0. The van der Waals surface area contributed by atoms with Crippen molar-refractivity contribution in [3.8, 4) is 0 Å². The first-order valence-electron chi connectivity index (χ1n) is 8.04. The van der Waals surface area contributed by atoms with E-state index in [1.165, 1.54) is 4.90 Å². The number of carbonyl (C=O) groups excluding carboxylic acids is 2. The van der Waals surface area contributed by atoms with Crippen LogP contribution in [0.2, 0.25) is 0 Å². The molecular weight excluding hydrogens is 280 g/mol. The molecule has 1 fully saturated rings. The number of ether oxygens (including phenoxy) is 1. The number of amides is 1. The molecule has 1 aliphatic heterocycles. The lowest BCUT2D eigenvalue weighted by Gasteiger charge is -2.27. The van der Waals surface area contributed by atoms with Crippen LogP contribution in [0.1, 0.15) is 26.2 Å². The fraction of sp³-hybridized carbons (Fsp3) is 0.529. The van der Waals surface area contributed by atoms with Gasteiger partial charge in [0.25, 0.3) is 0 Å². The first kappa shape index (κ1) is 16.5. The molecule has 0 unspecified atom stereocenters. The molecule has 120 valence electrons. The smallest absolute Gasteiger partial charge is 0.309 e. The number of carbonyl (C=O) groups is 2. The molecule has 0 aromatic heterocycles. The van der Waals surface area contributed by atoms with Gasteiger partial charge >= 0.3 is 5.97 Å². The number of para-hydroxylation sites is 1. The summed E-state index contributed by atoms with van der Waals surface area (Å²) in [5, 5.41) is 2.90. The predicted molar refractivity (Wildman–Crippen MR) is 84.6 cm³/mol. The summed E-state index contributed by atoms with van der Waals surface area (Å²) in [5.41, 5.74) is 0.837. The van der Waals surface area contributed by atoms with Crippen LogP contribution in [0.25, 0.3) is 0 Å². The fourth-order valence-corrected chi connectivity index (χ4v) is 2.81. The van der Waals surface area contributed by atoms with Gasteiger partial charge in [-0.15, -0.1) is 0 Å². The van der Waals surface area contributed by atoms with Crippen molar-refractivity contribution >= 4 is 17.6 Å². The number of rotatable bonds is 6. The van der Waals surface area contributed by atoms with Crippen LogP contribution in [0.15, 0.2) is 30.3 Å². The van der Waals surface area contributed by atoms with E-state index in [4.69, 9.17) is 4.74 Å². The Hall–Kier alpha value is -1.88. The molecule has 1 amide bonds. The van der Waals surface area contributed by atoms with Gasteiger partial charge in [0.15, 0.2) is 0 Å². The minimum atomic E-state index is -0.0663. The van der Waals surface area contributed by atoms with Crippen molar-refractivity contribution in [2.45, 2.75) is 26.2 Å². The Morgan fingerprint density at radius 1 is 1.23 bits per heavy atom. The van der Waals surface area contributed by atoms with E-state index in [-0.39, 0.29) is 17.8 Å². The molecule has 0 spiro atoms. The van der Waals surface area contributed by atoms with Crippen LogP contribution in [-0.4, -0.2) is 38.1 Å². The molecule has 1 aromatic rings. The molecule has 5 heteroatoms. The van der Waals surface area contributed by atoms with Gasteiger partial charge in [-0.2, -0.15) is 0 Å². The predicted octanol–water partition coefficient (Wildman–Crippen LogP) is 0.873. The minimum absolute atomic E-state index is 0.0434. The van der Waals surface area contributed by atoms with Crippen LogP contribution in [-0.2, 0) is 14.3 Å². The van der Waals surface area contributed by atoms with Crippen LogP contribution in [0, 0.1) is 5.92 Å². The summed E-state index contributed by atoms with van der Waals surface area (Å²) in [6.45, 7) is 4.97. The summed E-state index contributed by atoms with van der Waals surface area (Å²) < 4.78 is 5.07. The van der Waals surface area contributed by atoms with Gasteiger partial charge in [0.1, 0.15) is 0 Å². The highest BCUT2D eigenvalue weighted by Gasteiger charge is 2.28. The van der Waals surface area contributed by atoms with Crippen LogP contribution in [0.4, 0.5) is 5.69 Å². The maximum atomic E-state index is 11.9. The molecule has 2 rings (SSSR count). The van der Waals surface area contributed by atoms with E-state index in [1.54, 1.807) is 0 Å².